The summed E-state index contributed by atoms with van der Waals surface area (Å²) in [6.45, 7) is 6.32. The number of nitrogens with two attached hydrogens (primary N) is 1. The van der Waals surface area contributed by atoms with Gasteiger partial charge >= 0.3 is 6.09 Å². The molecule has 1 aliphatic heterocycles. The second-order valence-corrected chi connectivity index (χ2v) is 10.1. The summed E-state index contributed by atoms with van der Waals surface area (Å²) in [5.74, 6) is 0.932. The maximum atomic E-state index is 13.1. The lowest BCUT2D eigenvalue weighted by Crippen LogP contribution is -2.42. The van der Waals surface area contributed by atoms with E-state index in [2.05, 4.69) is 4.98 Å². The second-order valence-electron chi connectivity index (χ2n) is 10.1. The Labute approximate surface area is 212 Å². The van der Waals surface area contributed by atoms with Crippen molar-refractivity contribution in [3.05, 3.63) is 77.4 Å². The van der Waals surface area contributed by atoms with Crippen molar-refractivity contribution in [2.24, 2.45) is 0 Å². The van der Waals surface area contributed by atoms with E-state index in [9.17, 15) is 9.90 Å². The van der Waals surface area contributed by atoms with Gasteiger partial charge in [-0.25, -0.2) is 9.78 Å². The van der Waals surface area contributed by atoms with Crippen LogP contribution in [0.3, 0.4) is 0 Å². The molecule has 36 heavy (non-hydrogen) atoms. The van der Waals surface area contributed by atoms with Gasteiger partial charge in [-0.2, -0.15) is 0 Å². The minimum Gasteiger partial charge on any atom is -0.488 e. The number of hydrogen-bond acceptors (Lipinski definition) is 6. The Hall–Kier alpha value is -3.58. The Morgan fingerprint density at radius 1 is 1.11 bits per heavy atom. The number of aromatic nitrogens is 1. The number of likely N-dealkylation sites (tertiary alicyclic amines) is 1. The predicted molar refractivity (Wildman–Crippen MR) is 140 cm³/mol. The van der Waals surface area contributed by atoms with Gasteiger partial charge in [-0.15, -0.1) is 0 Å². The summed E-state index contributed by atoms with van der Waals surface area (Å²) >= 11 is 0. The number of piperidine rings is 1. The van der Waals surface area contributed by atoms with Crippen molar-refractivity contribution in [2.75, 3.05) is 12.3 Å². The van der Waals surface area contributed by atoms with E-state index in [1.807, 2.05) is 81.4 Å². The molecule has 0 saturated carbocycles. The molecule has 1 aliphatic rings. The molecule has 7 heteroatoms. The van der Waals surface area contributed by atoms with E-state index in [-0.39, 0.29) is 24.6 Å². The highest BCUT2D eigenvalue weighted by Crippen LogP contribution is 2.39. The first-order valence-electron chi connectivity index (χ1n) is 12.4. The molecule has 0 bridgehead atoms. The maximum Gasteiger partial charge on any atom is 0.410 e. The summed E-state index contributed by atoms with van der Waals surface area (Å²) in [6.07, 6.45) is 2.25. The maximum absolute atomic E-state index is 13.1. The Kier molecular flexibility index (Phi) is 7.79. The number of ether oxygens (including phenoxy) is 2. The van der Waals surface area contributed by atoms with Crippen molar-refractivity contribution in [3.63, 3.8) is 0 Å². The zero-order valence-corrected chi connectivity index (χ0v) is 21.2. The first kappa shape index (κ1) is 25.5. The topological polar surface area (TPSA) is 97.9 Å². The van der Waals surface area contributed by atoms with Gasteiger partial charge in [-0.3, -0.25) is 0 Å². The quantitative estimate of drug-likeness (QED) is 0.450. The lowest BCUT2D eigenvalue weighted by Gasteiger charge is -2.38. The van der Waals surface area contributed by atoms with Crippen molar-refractivity contribution in [1.82, 2.24) is 9.88 Å². The Balaban J connectivity index is 1.71. The van der Waals surface area contributed by atoms with Gasteiger partial charge in [0.2, 0.25) is 0 Å². The number of rotatable bonds is 6. The number of nitrogen functional groups attached to an aromatic ring is 1. The third kappa shape index (κ3) is 5.97. The van der Waals surface area contributed by atoms with Crippen LogP contribution in [0.5, 0.6) is 5.75 Å². The van der Waals surface area contributed by atoms with Gasteiger partial charge in [-0.05, 0) is 69.4 Å². The molecule has 1 aromatic heterocycles. The fraction of sp³-hybridized carbons (Fsp3) is 0.379. The molecule has 2 aromatic carbocycles. The van der Waals surface area contributed by atoms with Crippen LogP contribution in [0.1, 0.15) is 62.8 Å². The van der Waals surface area contributed by atoms with Crippen LogP contribution in [-0.2, 0) is 18.0 Å². The van der Waals surface area contributed by atoms with Crippen LogP contribution >= 0.6 is 0 Å². The molecule has 7 nitrogen and oxygen atoms in total. The fourth-order valence-electron chi connectivity index (χ4n) is 4.55. The van der Waals surface area contributed by atoms with E-state index in [0.717, 1.165) is 36.0 Å². The summed E-state index contributed by atoms with van der Waals surface area (Å²) in [5.41, 5.74) is 9.60. The molecule has 190 valence electrons. The Morgan fingerprint density at radius 3 is 2.56 bits per heavy atom. The largest absolute Gasteiger partial charge is 0.488 e. The second kappa shape index (κ2) is 11.0. The van der Waals surface area contributed by atoms with E-state index in [1.165, 1.54) is 0 Å². The normalized spacial score (nSPS) is 16.0. The van der Waals surface area contributed by atoms with Crippen LogP contribution in [0.2, 0.25) is 0 Å². The number of nitrogens with zero attached hydrogens (tertiary/aromatic N) is 2. The summed E-state index contributed by atoms with van der Waals surface area (Å²) in [6, 6.07) is 19.3. The van der Waals surface area contributed by atoms with Crippen molar-refractivity contribution in [2.45, 2.75) is 64.9 Å². The average Bonchev–Trinajstić information content (AvgIpc) is 2.87. The molecule has 3 aromatic rings. The minimum atomic E-state index is -0.601. The third-order valence-corrected chi connectivity index (χ3v) is 6.24. The zero-order chi connectivity index (χ0) is 25.7. The lowest BCUT2D eigenvalue weighted by atomic mass is 9.91. The van der Waals surface area contributed by atoms with E-state index in [0.29, 0.717) is 30.2 Å². The smallest absolute Gasteiger partial charge is 0.410 e. The number of anilines is 1. The Bertz CT molecular complexity index is 1190. The number of amides is 1. The predicted octanol–water partition coefficient (Wildman–Crippen LogP) is 5.86. The standard InChI is InChI=1S/C29H35N3O4/c1-29(2,3)36-28(34)32-16-10-9-14-25(32)22-17-24(31-27(30)23(22)18-33)21-13-7-8-15-26(21)35-19-20-11-5-4-6-12-20/h4-8,11-13,15,17,25,33H,9-10,14,16,18-19H2,1-3H3,(H2,30,31). The van der Waals surface area contributed by atoms with Crippen LogP contribution in [0, 0.1) is 0 Å². The highest BCUT2D eigenvalue weighted by atomic mass is 16.6. The molecule has 4 rings (SSSR count). The summed E-state index contributed by atoms with van der Waals surface area (Å²) < 4.78 is 11.9. The minimum absolute atomic E-state index is 0.248. The van der Waals surface area contributed by atoms with Crippen LogP contribution in [-0.4, -0.2) is 33.2 Å². The van der Waals surface area contributed by atoms with Gasteiger partial charge in [0, 0.05) is 17.7 Å². The molecule has 3 N–H and O–H groups in total. The molecule has 1 unspecified atom stereocenters. The van der Waals surface area contributed by atoms with E-state index >= 15 is 0 Å². The van der Waals surface area contributed by atoms with Crippen LogP contribution in [0.4, 0.5) is 10.6 Å². The van der Waals surface area contributed by atoms with E-state index < -0.39 is 5.60 Å². The highest BCUT2D eigenvalue weighted by molar-refractivity contribution is 5.72. The zero-order valence-electron chi connectivity index (χ0n) is 21.2. The van der Waals surface area contributed by atoms with Crippen LogP contribution < -0.4 is 10.5 Å². The molecule has 0 aliphatic carbocycles. The number of carbonyl (C=O) groups is 1. The van der Waals surface area contributed by atoms with Crippen molar-refractivity contribution < 1.29 is 19.4 Å². The van der Waals surface area contributed by atoms with Gasteiger partial charge in [0.1, 0.15) is 23.8 Å². The van der Waals surface area contributed by atoms with Gasteiger partial charge in [0.15, 0.2) is 0 Å². The molecule has 1 amide bonds. The first-order chi connectivity index (χ1) is 17.3. The van der Waals surface area contributed by atoms with Gasteiger partial charge < -0.3 is 25.2 Å². The van der Waals surface area contributed by atoms with E-state index in [1.54, 1.807) is 4.90 Å². The van der Waals surface area contributed by atoms with Gasteiger partial charge in [0.25, 0.3) is 0 Å². The van der Waals surface area contributed by atoms with Gasteiger partial charge in [-0.1, -0.05) is 42.5 Å². The van der Waals surface area contributed by atoms with Crippen molar-refractivity contribution in [1.29, 1.82) is 0 Å². The van der Waals surface area contributed by atoms with Crippen molar-refractivity contribution >= 4 is 11.9 Å². The molecule has 1 atom stereocenters. The van der Waals surface area contributed by atoms with Crippen LogP contribution in [0.25, 0.3) is 11.3 Å². The summed E-state index contributed by atoms with van der Waals surface area (Å²) in [4.78, 5) is 19.5. The number of para-hydroxylation sites is 1. The van der Waals surface area contributed by atoms with Crippen LogP contribution in [0.15, 0.2) is 60.7 Å². The fourth-order valence-corrected chi connectivity index (χ4v) is 4.55. The molecule has 1 saturated heterocycles. The van der Waals surface area contributed by atoms with E-state index in [4.69, 9.17) is 15.2 Å². The molecule has 2 heterocycles. The van der Waals surface area contributed by atoms with Gasteiger partial charge in [0.05, 0.1) is 18.3 Å². The molecule has 0 radical (unpaired) electrons. The number of carbonyl (C=O) groups excluding carboxylic acids is 1. The number of aliphatic hydroxyl groups is 1. The number of hydrogen-bond donors (Lipinski definition) is 2. The van der Waals surface area contributed by atoms with Crippen molar-refractivity contribution in [3.8, 4) is 17.0 Å². The SMILES string of the molecule is CC(C)(C)OC(=O)N1CCCCC1c1cc(-c2ccccc2OCc2ccccc2)nc(N)c1CO. The summed E-state index contributed by atoms with van der Waals surface area (Å²) in [7, 11) is 0. The molecular formula is C29H35N3O4. The number of aliphatic hydroxyl groups excluding tert-OH is 1. The molecule has 1 fully saturated rings. The average molecular weight is 490 g/mol. The highest BCUT2D eigenvalue weighted by Gasteiger charge is 2.33. The lowest BCUT2D eigenvalue weighted by molar-refractivity contribution is 0.00928. The monoisotopic (exact) mass is 489 g/mol. The summed E-state index contributed by atoms with van der Waals surface area (Å²) in [5, 5.41) is 10.2. The Morgan fingerprint density at radius 2 is 1.83 bits per heavy atom. The molecule has 0 spiro atoms. The first-order valence-corrected chi connectivity index (χ1v) is 12.4. The third-order valence-electron chi connectivity index (χ3n) is 6.24. The number of pyridine rings is 1. The molecular weight excluding hydrogens is 454 g/mol. The number of benzene rings is 2.